The van der Waals surface area contributed by atoms with Crippen LogP contribution in [0.1, 0.15) is 5.56 Å². The molecule has 20 nitrogen and oxygen atoms in total. The number of methoxy groups -OCH3 is 2. The van der Waals surface area contributed by atoms with Crippen LogP contribution < -0.4 is 9.47 Å². The summed E-state index contributed by atoms with van der Waals surface area (Å²) < 4.78 is 42.9. The van der Waals surface area contributed by atoms with E-state index in [4.69, 9.17) is 37.9 Å². The molecule has 4 rings (SSSR count). The van der Waals surface area contributed by atoms with E-state index < -0.39 is 118 Å². The molecule has 0 aliphatic carbocycles. The molecule has 0 saturated carbocycles. The number of aromatic hydroxyl groups is 1. The molecular weight excluding hydrogens is 668 g/mol. The van der Waals surface area contributed by atoms with Gasteiger partial charge in [0.25, 0.3) is 0 Å². The van der Waals surface area contributed by atoms with Gasteiger partial charge in [-0.3, -0.25) is 0 Å². The van der Waals surface area contributed by atoms with E-state index in [1.54, 1.807) is 0 Å². The first-order valence-corrected chi connectivity index (χ1v) is 15.0. The van der Waals surface area contributed by atoms with Gasteiger partial charge in [-0.05, 0) is 23.8 Å². The summed E-state index contributed by atoms with van der Waals surface area (Å²) in [4.78, 5) is 12.7. The van der Waals surface area contributed by atoms with Gasteiger partial charge in [-0.2, -0.15) is 0 Å². The van der Waals surface area contributed by atoms with Crippen LogP contribution in [0.2, 0.25) is 0 Å². The molecule has 3 aliphatic heterocycles. The fourth-order valence-electron chi connectivity index (χ4n) is 5.49. The Balaban J connectivity index is 1.56. The normalized spacial score (nSPS) is 39.6. The summed E-state index contributed by atoms with van der Waals surface area (Å²) in [5.41, 5.74) is 0.356. The Hall–Kier alpha value is -2.77. The molecule has 278 valence electrons. The van der Waals surface area contributed by atoms with E-state index in [2.05, 4.69) is 0 Å². The number of hydrogen-bond acceptors (Lipinski definition) is 20. The van der Waals surface area contributed by atoms with E-state index in [1.165, 1.54) is 32.4 Å². The zero-order valence-corrected chi connectivity index (χ0v) is 26.2. The monoisotopic (exact) mass is 710 g/mol. The van der Waals surface area contributed by atoms with Crippen molar-refractivity contribution in [1.29, 1.82) is 0 Å². The Labute approximate surface area is 278 Å². The zero-order chi connectivity index (χ0) is 36.2. The molecule has 0 amide bonds. The number of hydrogen-bond donors (Lipinski definition) is 11. The van der Waals surface area contributed by atoms with E-state index in [9.17, 15) is 61.0 Å². The number of carbonyl (C=O) groups is 1. The van der Waals surface area contributed by atoms with Gasteiger partial charge in [-0.1, -0.05) is 0 Å². The predicted octanol–water partition coefficient (Wildman–Crippen LogP) is -5.58. The molecule has 1 aromatic rings. The van der Waals surface area contributed by atoms with Crippen LogP contribution in [0.15, 0.2) is 18.2 Å². The number of phenols is 1. The van der Waals surface area contributed by atoms with Crippen molar-refractivity contribution in [1.82, 2.24) is 0 Å². The highest BCUT2D eigenvalue weighted by Crippen LogP contribution is 2.39. The van der Waals surface area contributed by atoms with Crippen LogP contribution in [-0.4, -0.2) is 188 Å². The predicted molar refractivity (Wildman–Crippen MR) is 155 cm³/mol. The Kier molecular flexibility index (Phi) is 13.1. The molecule has 0 radical (unpaired) electrons. The Morgan fingerprint density at radius 1 is 0.796 bits per heavy atom. The summed E-state index contributed by atoms with van der Waals surface area (Å²) in [5, 5.41) is 113. The number of benzene rings is 1. The number of rotatable bonds is 13. The largest absolute Gasteiger partial charge is 0.502 e. The summed E-state index contributed by atoms with van der Waals surface area (Å²) in [7, 11) is 2.62. The maximum Gasteiger partial charge on any atom is 0.330 e. The summed E-state index contributed by atoms with van der Waals surface area (Å²) in [6, 6.07) is 2.80. The maximum absolute atomic E-state index is 12.7. The number of ether oxygens (including phenoxy) is 8. The first kappa shape index (κ1) is 39.0. The molecule has 0 unspecified atom stereocenters. The third kappa shape index (κ3) is 8.09. The van der Waals surface area contributed by atoms with Gasteiger partial charge in [0.15, 0.2) is 24.1 Å². The molecule has 3 saturated heterocycles. The van der Waals surface area contributed by atoms with Gasteiger partial charge in [0.1, 0.15) is 80.4 Å². The number of phenolic OH excluding ortho intramolecular Hbond substituents is 1. The topological polar surface area (TPSA) is 313 Å². The number of esters is 1. The van der Waals surface area contributed by atoms with E-state index in [-0.39, 0.29) is 17.2 Å². The lowest BCUT2D eigenvalue weighted by Crippen LogP contribution is -2.66. The highest BCUT2D eigenvalue weighted by molar-refractivity contribution is 5.87. The number of aliphatic hydroxyl groups excluding tert-OH is 10. The average Bonchev–Trinajstić information content (AvgIpc) is 3.34. The quantitative estimate of drug-likeness (QED) is 0.0671. The minimum absolute atomic E-state index is 0.0518. The van der Waals surface area contributed by atoms with Crippen LogP contribution in [0.25, 0.3) is 6.08 Å². The van der Waals surface area contributed by atoms with Crippen molar-refractivity contribution in [2.45, 2.75) is 85.5 Å². The molecule has 14 atom stereocenters. The SMILES string of the molecule is COc1cc(/C=C/C(=O)OC[C@H]2O[C@H](O[C@]3(CO)O[C@H](CO)[C@@H](O)[C@@H]3O)[C@H](O)[C@@H](O[C@@H]3O[C@H](CO)[C@@H](O)[C@H](O)[C@H]3O)[C@@H]2O)cc(OC)c1O. The fraction of sp³-hybridized carbons (Fsp3) is 0.690. The minimum atomic E-state index is -2.50. The second-order valence-electron chi connectivity index (χ2n) is 11.4. The van der Waals surface area contributed by atoms with Crippen molar-refractivity contribution < 1.29 is 98.9 Å². The van der Waals surface area contributed by atoms with Crippen molar-refractivity contribution >= 4 is 12.0 Å². The van der Waals surface area contributed by atoms with Gasteiger partial charge in [0.05, 0.1) is 27.4 Å². The van der Waals surface area contributed by atoms with Crippen molar-refractivity contribution in [3.8, 4) is 17.2 Å². The van der Waals surface area contributed by atoms with Gasteiger partial charge in [0.2, 0.25) is 11.5 Å². The molecule has 1 aromatic carbocycles. The minimum Gasteiger partial charge on any atom is -0.502 e. The van der Waals surface area contributed by atoms with Crippen molar-refractivity contribution in [3.05, 3.63) is 23.8 Å². The van der Waals surface area contributed by atoms with Crippen LogP contribution in [0.4, 0.5) is 0 Å². The summed E-state index contributed by atoms with van der Waals surface area (Å²) in [6.45, 7) is -3.54. The molecule has 49 heavy (non-hydrogen) atoms. The first-order valence-electron chi connectivity index (χ1n) is 15.0. The smallest absolute Gasteiger partial charge is 0.330 e. The second kappa shape index (κ2) is 16.5. The Morgan fingerprint density at radius 2 is 1.41 bits per heavy atom. The molecule has 0 spiro atoms. The summed E-state index contributed by atoms with van der Waals surface area (Å²) >= 11 is 0. The van der Waals surface area contributed by atoms with Gasteiger partial charge in [-0.25, -0.2) is 4.79 Å². The van der Waals surface area contributed by atoms with Gasteiger partial charge in [-0.15, -0.1) is 0 Å². The highest BCUT2D eigenvalue weighted by Gasteiger charge is 2.59. The van der Waals surface area contributed by atoms with E-state index in [1.807, 2.05) is 0 Å². The molecule has 3 fully saturated rings. The van der Waals surface area contributed by atoms with Crippen molar-refractivity contribution in [2.75, 3.05) is 40.6 Å². The Bertz CT molecular complexity index is 1250. The van der Waals surface area contributed by atoms with Gasteiger partial charge in [0, 0.05) is 6.08 Å². The molecule has 0 bridgehead atoms. The van der Waals surface area contributed by atoms with Crippen LogP contribution in [0, 0.1) is 0 Å². The summed E-state index contributed by atoms with van der Waals surface area (Å²) in [6.07, 6.45) is -21.4. The van der Waals surface area contributed by atoms with Crippen molar-refractivity contribution in [3.63, 3.8) is 0 Å². The standard InChI is InChI=1S/C29H42O20/c1-42-12-5-11(6-13(43-2)18(12)34)3-4-17(33)44-9-16-20(36)25(47-27-23(39)22(38)19(35)14(7-30)45-27)24(40)28(46-16)49-29(10-32)26(41)21(37)15(8-31)48-29/h3-6,14-16,19-28,30-32,34-41H,7-10H2,1-2H3/b4-3+/t14-,15-,16-,19-,20-,21-,22+,23-,24-,25+,26+,27+,28-,29+/m1/s1. The molecule has 20 heteroatoms. The van der Waals surface area contributed by atoms with Gasteiger partial charge < -0.3 is 94.1 Å². The summed E-state index contributed by atoms with van der Waals surface area (Å²) in [5.74, 6) is -3.64. The average molecular weight is 711 g/mol. The number of aliphatic hydroxyl groups is 10. The van der Waals surface area contributed by atoms with E-state index in [0.29, 0.717) is 5.56 Å². The number of carbonyl (C=O) groups excluding carboxylic acids is 1. The van der Waals surface area contributed by atoms with Crippen LogP contribution >= 0.6 is 0 Å². The first-order chi connectivity index (χ1) is 23.2. The lowest BCUT2D eigenvalue weighted by molar-refractivity contribution is -0.399. The van der Waals surface area contributed by atoms with Crippen molar-refractivity contribution in [2.24, 2.45) is 0 Å². The van der Waals surface area contributed by atoms with Gasteiger partial charge >= 0.3 is 5.97 Å². The Morgan fingerprint density at radius 3 is 1.96 bits per heavy atom. The lowest BCUT2D eigenvalue weighted by atomic mass is 9.96. The third-order valence-corrected chi connectivity index (χ3v) is 8.31. The zero-order valence-electron chi connectivity index (χ0n) is 26.2. The fourth-order valence-corrected chi connectivity index (χ4v) is 5.49. The molecule has 11 N–H and O–H groups in total. The highest BCUT2D eigenvalue weighted by atomic mass is 16.8. The van der Waals surface area contributed by atoms with Crippen LogP contribution in [0.5, 0.6) is 17.2 Å². The molecule has 0 aromatic heterocycles. The molecule has 3 aliphatic rings. The molecule has 3 heterocycles. The van der Waals surface area contributed by atoms with E-state index >= 15 is 0 Å². The van der Waals surface area contributed by atoms with Crippen LogP contribution in [-0.2, 0) is 33.2 Å². The second-order valence-corrected chi connectivity index (χ2v) is 11.4. The molecular formula is C29H42O20. The maximum atomic E-state index is 12.7. The van der Waals surface area contributed by atoms with E-state index in [0.717, 1.165) is 6.08 Å². The third-order valence-electron chi connectivity index (χ3n) is 8.31. The van der Waals surface area contributed by atoms with Crippen LogP contribution in [0.3, 0.4) is 0 Å². The lowest BCUT2D eigenvalue weighted by Gasteiger charge is -2.47.